The summed E-state index contributed by atoms with van der Waals surface area (Å²) in [5.41, 5.74) is -0.111. The van der Waals surface area contributed by atoms with Crippen LogP contribution in [0.25, 0.3) is 6.08 Å². The van der Waals surface area contributed by atoms with Crippen LogP contribution in [0.3, 0.4) is 0 Å². The number of nitrogens with zero attached hydrogens (tertiary/aromatic N) is 1. The van der Waals surface area contributed by atoms with E-state index < -0.39 is 17.0 Å². The second kappa shape index (κ2) is 38.5. The van der Waals surface area contributed by atoms with E-state index in [0.717, 1.165) is 122 Å². The van der Waals surface area contributed by atoms with Crippen LogP contribution >= 0.6 is 0 Å². The van der Waals surface area contributed by atoms with E-state index in [1.54, 1.807) is 0 Å². The maximum absolute atomic E-state index is 12.8. The number of nitrogens with one attached hydrogen (secondary N) is 1. The standard InChI is InChI=1S/C49H88N2O7/c1-5-9-12-15-19-26-34-43(35-27-20-16-13-10-6-2)58-45(52)36-28-21-18-22-29-38-51(40-33-37-50-46-44(8-4)47(53)48(46)54)39-30-23-25-32-42-57-49(55)56-41-31-24-17-14-11-7-3/h8,43,50H,4-7,9-42H2,1-3H3. The highest BCUT2D eigenvalue weighted by Gasteiger charge is 2.18. The van der Waals surface area contributed by atoms with Gasteiger partial charge in [-0.25, -0.2) is 4.79 Å². The van der Waals surface area contributed by atoms with E-state index in [2.05, 4.69) is 37.6 Å². The van der Waals surface area contributed by atoms with E-state index in [4.69, 9.17) is 14.2 Å². The summed E-state index contributed by atoms with van der Waals surface area (Å²) >= 11 is 0. The van der Waals surface area contributed by atoms with Crippen molar-refractivity contribution in [3.63, 3.8) is 0 Å². The molecule has 0 spiro atoms. The number of unbranched alkanes of at least 4 members (excludes halogenated alkanes) is 22. The van der Waals surface area contributed by atoms with Crippen LogP contribution in [-0.2, 0) is 19.0 Å². The maximum Gasteiger partial charge on any atom is 0.508 e. The van der Waals surface area contributed by atoms with Gasteiger partial charge in [0.1, 0.15) is 6.10 Å². The minimum atomic E-state index is -0.552. The number of esters is 1. The van der Waals surface area contributed by atoms with Crippen molar-refractivity contribution >= 4 is 23.9 Å². The molecule has 9 nitrogen and oxygen atoms in total. The van der Waals surface area contributed by atoms with Gasteiger partial charge in [-0.3, -0.25) is 14.4 Å². The van der Waals surface area contributed by atoms with Crippen molar-refractivity contribution in [2.75, 3.05) is 44.7 Å². The van der Waals surface area contributed by atoms with Crippen molar-refractivity contribution in [3.8, 4) is 0 Å². The molecule has 0 unspecified atom stereocenters. The molecule has 0 amide bonds. The van der Waals surface area contributed by atoms with Gasteiger partial charge in [-0.15, -0.1) is 0 Å². The Morgan fingerprint density at radius 1 is 0.569 bits per heavy atom. The maximum atomic E-state index is 12.8. The van der Waals surface area contributed by atoms with E-state index in [0.29, 0.717) is 37.4 Å². The van der Waals surface area contributed by atoms with E-state index in [1.165, 1.54) is 96.0 Å². The van der Waals surface area contributed by atoms with Crippen LogP contribution in [0, 0.1) is 0 Å². The Kier molecular flexibility index (Phi) is 35.4. The highest BCUT2D eigenvalue weighted by molar-refractivity contribution is 5.70. The SMILES string of the molecule is C=Cc1c(NCCCN(CCCCCCCC(=O)OC(CCCCCCCC)CCCCCCCC)CCCCCCOC(=O)OCCCCCCCC)c(=O)c1=O. The minimum absolute atomic E-state index is 0.0133. The molecular formula is C49H88N2O7. The van der Waals surface area contributed by atoms with Crippen LogP contribution < -0.4 is 16.2 Å². The van der Waals surface area contributed by atoms with Gasteiger partial charge in [-0.05, 0) is 83.8 Å². The van der Waals surface area contributed by atoms with E-state index in [1.807, 2.05) is 0 Å². The zero-order chi connectivity index (χ0) is 42.3. The third-order valence-electron chi connectivity index (χ3n) is 11.3. The van der Waals surface area contributed by atoms with Gasteiger partial charge in [0.25, 0.3) is 0 Å². The molecule has 0 aliphatic rings. The molecule has 0 heterocycles. The molecule has 0 aromatic heterocycles. The lowest BCUT2D eigenvalue weighted by molar-refractivity contribution is -0.150. The number of ether oxygens (including phenoxy) is 3. The molecular weight excluding hydrogens is 729 g/mol. The largest absolute Gasteiger partial charge is 0.508 e. The molecule has 1 aromatic rings. The second-order valence-electron chi connectivity index (χ2n) is 16.6. The minimum Gasteiger partial charge on any atom is -0.462 e. The zero-order valence-electron chi connectivity index (χ0n) is 37.8. The monoisotopic (exact) mass is 817 g/mol. The Morgan fingerprint density at radius 3 is 1.50 bits per heavy atom. The number of rotatable bonds is 43. The number of hydrogen-bond donors (Lipinski definition) is 1. The van der Waals surface area contributed by atoms with Gasteiger partial charge in [-0.1, -0.05) is 162 Å². The van der Waals surface area contributed by atoms with E-state index in [9.17, 15) is 19.2 Å². The van der Waals surface area contributed by atoms with Crippen molar-refractivity contribution in [2.45, 2.75) is 226 Å². The third-order valence-corrected chi connectivity index (χ3v) is 11.3. The lowest BCUT2D eigenvalue weighted by Gasteiger charge is -2.23. The molecule has 0 radical (unpaired) electrons. The summed E-state index contributed by atoms with van der Waals surface area (Å²) in [5, 5.41) is 3.15. The average molecular weight is 817 g/mol. The molecule has 0 bridgehead atoms. The molecule has 0 saturated carbocycles. The van der Waals surface area contributed by atoms with Crippen molar-refractivity contribution in [1.82, 2.24) is 4.90 Å². The van der Waals surface area contributed by atoms with Crippen molar-refractivity contribution in [1.29, 1.82) is 0 Å². The summed E-state index contributed by atoms with van der Waals surface area (Å²) < 4.78 is 16.5. The zero-order valence-corrected chi connectivity index (χ0v) is 37.8. The molecule has 58 heavy (non-hydrogen) atoms. The first-order chi connectivity index (χ1) is 28.4. The van der Waals surface area contributed by atoms with Gasteiger partial charge < -0.3 is 24.4 Å². The molecule has 0 fully saturated rings. The Morgan fingerprint density at radius 2 is 1.00 bits per heavy atom. The topological polar surface area (TPSA) is 111 Å². The Labute approximate surface area is 354 Å². The normalized spacial score (nSPS) is 11.5. The third kappa shape index (κ3) is 28.7. The quantitative estimate of drug-likeness (QED) is 0.0391. The fourth-order valence-corrected chi connectivity index (χ4v) is 7.60. The summed E-state index contributed by atoms with van der Waals surface area (Å²) in [7, 11) is 0. The Balaban J connectivity index is 2.37. The van der Waals surface area contributed by atoms with Gasteiger partial charge in [-0.2, -0.15) is 0 Å². The van der Waals surface area contributed by atoms with Crippen LogP contribution in [0.2, 0.25) is 0 Å². The highest BCUT2D eigenvalue weighted by atomic mass is 16.7. The van der Waals surface area contributed by atoms with Crippen LogP contribution in [0.5, 0.6) is 0 Å². The van der Waals surface area contributed by atoms with Gasteiger partial charge in [0.05, 0.1) is 24.5 Å². The fourth-order valence-electron chi connectivity index (χ4n) is 7.60. The van der Waals surface area contributed by atoms with Gasteiger partial charge in [0, 0.05) is 13.0 Å². The van der Waals surface area contributed by atoms with E-state index in [-0.39, 0.29) is 12.1 Å². The fraction of sp³-hybridized carbons (Fsp3) is 0.837. The number of anilines is 1. The van der Waals surface area contributed by atoms with Crippen LogP contribution in [0.4, 0.5) is 10.5 Å². The molecule has 0 aliphatic heterocycles. The first-order valence-corrected chi connectivity index (χ1v) is 24.3. The molecule has 0 aliphatic carbocycles. The molecule has 1 rings (SSSR count). The summed E-state index contributed by atoms with van der Waals surface area (Å²) in [6.07, 6.45) is 35.7. The van der Waals surface area contributed by atoms with Gasteiger partial charge in [0.15, 0.2) is 0 Å². The first-order valence-electron chi connectivity index (χ1n) is 24.3. The van der Waals surface area contributed by atoms with Crippen LogP contribution in [0.15, 0.2) is 16.2 Å². The molecule has 0 saturated heterocycles. The predicted octanol–water partition coefficient (Wildman–Crippen LogP) is 12.9. The first kappa shape index (κ1) is 53.3. The number of carbonyl (C=O) groups is 2. The lowest BCUT2D eigenvalue weighted by atomic mass is 10.0. The summed E-state index contributed by atoms with van der Waals surface area (Å²) in [6, 6.07) is 0. The predicted molar refractivity (Wildman–Crippen MR) is 244 cm³/mol. The van der Waals surface area contributed by atoms with Crippen molar-refractivity contribution < 1.29 is 23.8 Å². The molecule has 336 valence electrons. The molecule has 9 heteroatoms. The summed E-state index contributed by atoms with van der Waals surface area (Å²) in [5.74, 6) is -0.0133. The molecule has 1 N–H and O–H groups in total. The second-order valence-corrected chi connectivity index (χ2v) is 16.6. The number of carbonyl (C=O) groups excluding carboxylic acids is 2. The van der Waals surface area contributed by atoms with Gasteiger partial charge >= 0.3 is 12.1 Å². The van der Waals surface area contributed by atoms with Crippen LogP contribution in [-0.4, -0.2) is 62.5 Å². The lowest BCUT2D eigenvalue weighted by Crippen LogP contribution is -2.37. The van der Waals surface area contributed by atoms with E-state index >= 15 is 0 Å². The van der Waals surface area contributed by atoms with Crippen LogP contribution in [0.1, 0.15) is 225 Å². The van der Waals surface area contributed by atoms with Gasteiger partial charge in [0.2, 0.25) is 10.9 Å². The molecule has 0 atom stereocenters. The van der Waals surface area contributed by atoms with Crippen molar-refractivity contribution in [2.24, 2.45) is 0 Å². The Bertz CT molecular complexity index is 1190. The number of hydrogen-bond acceptors (Lipinski definition) is 9. The van der Waals surface area contributed by atoms with Crippen molar-refractivity contribution in [3.05, 3.63) is 32.6 Å². The smallest absolute Gasteiger partial charge is 0.462 e. The average Bonchev–Trinajstić information content (AvgIpc) is 3.22. The highest BCUT2D eigenvalue weighted by Crippen LogP contribution is 2.19. The Hall–Kier alpha value is -2.68. The molecule has 1 aromatic carbocycles. The summed E-state index contributed by atoms with van der Waals surface area (Å²) in [4.78, 5) is 50.9. The summed E-state index contributed by atoms with van der Waals surface area (Å²) in [6.45, 7) is 14.7.